The topological polar surface area (TPSA) is 112 Å². The van der Waals surface area contributed by atoms with E-state index in [1.165, 1.54) is 0 Å². The molecular formula is C30H44O6. The molecule has 0 unspecified atom stereocenters. The van der Waals surface area contributed by atoms with Crippen molar-refractivity contribution >= 4 is 17.7 Å². The van der Waals surface area contributed by atoms with Gasteiger partial charge in [0.2, 0.25) is 0 Å². The minimum absolute atomic E-state index is 0.00974. The fourth-order valence-electron chi connectivity index (χ4n) is 10.6. The summed E-state index contributed by atoms with van der Waals surface area (Å²) >= 11 is 0. The van der Waals surface area contributed by atoms with Gasteiger partial charge in [-0.3, -0.25) is 14.4 Å². The Kier molecular flexibility index (Phi) is 5.53. The lowest BCUT2D eigenvalue weighted by Gasteiger charge is -2.69. The Bertz CT molecular complexity index is 1040. The molecule has 0 spiro atoms. The number of ketones is 1. The van der Waals surface area contributed by atoms with E-state index in [1.54, 1.807) is 0 Å². The number of Topliss-reactive ketones (excluding diaryl/α,β-unsaturated/α-hetero) is 1. The number of hydrogen-bond acceptors (Lipinski definition) is 4. The summed E-state index contributed by atoms with van der Waals surface area (Å²) < 4.78 is 0. The van der Waals surface area contributed by atoms with Gasteiger partial charge in [-0.2, -0.15) is 0 Å². The molecular weight excluding hydrogens is 456 g/mol. The van der Waals surface area contributed by atoms with E-state index in [0.717, 1.165) is 18.4 Å². The van der Waals surface area contributed by atoms with Crippen LogP contribution in [0.3, 0.4) is 0 Å². The summed E-state index contributed by atoms with van der Waals surface area (Å²) in [5, 5.41) is 32.4. The van der Waals surface area contributed by atoms with Crippen LogP contribution in [0.2, 0.25) is 0 Å². The van der Waals surface area contributed by atoms with Gasteiger partial charge in [-0.25, -0.2) is 0 Å². The van der Waals surface area contributed by atoms with Gasteiger partial charge in [0.15, 0.2) is 0 Å². The van der Waals surface area contributed by atoms with Gasteiger partial charge in [-0.15, -0.1) is 0 Å². The summed E-state index contributed by atoms with van der Waals surface area (Å²) in [6.45, 7) is 12.5. The number of allylic oxidation sites excluding steroid dienone is 1. The van der Waals surface area contributed by atoms with Gasteiger partial charge in [0.25, 0.3) is 0 Å². The van der Waals surface area contributed by atoms with Crippen LogP contribution in [0.5, 0.6) is 0 Å². The second kappa shape index (κ2) is 7.68. The van der Waals surface area contributed by atoms with Crippen LogP contribution < -0.4 is 0 Å². The van der Waals surface area contributed by atoms with Gasteiger partial charge in [0.05, 0.1) is 11.5 Å². The van der Waals surface area contributed by atoms with Crippen molar-refractivity contribution in [1.82, 2.24) is 0 Å². The van der Waals surface area contributed by atoms with E-state index in [0.29, 0.717) is 31.6 Å². The molecule has 0 saturated heterocycles. The van der Waals surface area contributed by atoms with E-state index in [1.807, 2.05) is 6.92 Å². The third-order valence-corrected chi connectivity index (χ3v) is 13.1. The first-order chi connectivity index (χ1) is 16.6. The fraction of sp³-hybridized carbons (Fsp3) is 0.833. The second-order valence-corrected chi connectivity index (χ2v) is 14.2. The zero-order chi connectivity index (χ0) is 26.6. The third kappa shape index (κ3) is 2.75. The molecule has 6 heteroatoms. The largest absolute Gasteiger partial charge is 0.481 e. The molecule has 200 valence electrons. The summed E-state index contributed by atoms with van der Waals surface area (Å²) in [5.41, 5.74) is -3.41. The Morgan fingerprint density at radius 1 is 0.917 bits per heavy atom. The molecule has 10 atom stereocenters. The molecule has 5 aliphatic carbocycles. The van der Waals surface area contributed by atoms with Gasteiger partial charge in [0.1, 0.15) is 11.2 Å². The molecule has 4 saturated carbocycles. The summed E-state index contributed by atoms with van der Waals surface area (Å²) in [6, 6.07) is 0. The van der Waals surface area contributed by atoms with Gasteiger partial charge < -0.3 is 15.3 Å². The molecule has 0 aromatic carbocycles. The number of hydrogen-bond donors (Lipinski definition) is 3. The normalized spacial score (nSPS) is 51.6. The maximum atomic E-state index is 14.3. The van der Waals surface area contributed by atoms with Crippen molar-refractivity contribution in [2.24, 2.45) is 56.7 Å². The van der Waals surface area contributed by atoms with Crippen molar-refractivity contribution in [2.75, 3.05) is 0 Å². The van der Waals surface area contributed by atoms with Crippen LogP contribution in [0.25, 0.3) is 0 Å². The van der Waals surface area contributed by atoms with Gasteiger partial charge in [0, 0.05) is 11.8 Å². The van der Waals surface area contributed by atoms with Crippen LogP contribution in [-0.2, 0) is 14.4 Å². The summed E-state index contributed by atoms with van der Waals surface area (Å²) in [5.74, 6) is -2.01. The number of rotatable bonds is 2. The molecule has 0 aliphatic heterocycles. The average Bonchev–Trinajstić information content (AvgIpc) is 2.80. The number of carboxylic acid groups (broad SMARTS) is 2. The summed E-state index contributed by atoms with van der Waals surface area (Å²) in [7, 11) is 0. The summed E-state index contributed by atoms with van der Waals surface area (Å²) in [6.07, 6.45) is 5.77. The molecule has 0 amide bonds. The number of aliphatic hydroxyl groups excluding tert-OH is 1. The van der Waals surface area contributed by atoms with Gasteiger partial charge in [-0.1, -0.05) is 53.2 Å². The minimum Gasteiger partial charge on any atom is -0.481 e. The quantitative estimate of drug-likeness (QED) is 0.442. The number of fused-ring (bicyclic) bond motifs is 7. The highest BCUT2D eigenvalue weighted by atomic mass is 16.4. The first-order valence-corrected chi connectivity index (χ1v) is 14.0. The van der Waals surface area contributed by atoms with Crippen LogP contribution in [-0.4, -0.2) is 39.1 Å². The van der Waals surface area contributed by atoms with E-state index in [2.05, 4.69) is 40.7 Å². The monoisotopic (exact) mass is 500 g/mol. The van der Waals surface area contributed by atoms with E-state index < -0.39 is 39.7 Å². The maximum Gasteiger partial charge on any atom is 0.314 e. The van der Waals surface area contributed by atoms with Gasteiger partial charge in [-0.05, 0) is 85.4 Å². The Morgan fingerprint density at radius 2 is 1.58 bits per heavy atom. The highest BCUT2D eigenvalue weighted by Crippen LogP contribution is 2.75. The van der Waals surface area contributed by atoms with Crippen LogP contribution in [0.1, 0.15) is 92.9 Å². The lowest BCUT2D eigenvalue weighted by atomic mass is 9.32. The molecule has 0 heterocycles. The maximum absolute atomic E-state index is 14.3. The van der Waals surface area contributed by atoms with E-state index in [4.69, 9.17) is 0 Å². The van der Waals surface area contributed by atoms with E-state index in [-0.39, 0.29) is 47.7 Å². The van der Waals surface area contributed by atoms with Crippen molar-refractivity contribution in [3.8, 4) is 0 Å². The molecule has 36 heavy (non-hydrogen) atoms. The van der Waals surface area contributed by atoms with Crippen LogP contribution >= 0.6 is 0 Å². The smallest absolute Gasteiger partial charge is 0.314 e. The molecule has 0 aromatic rings. The van der Waals surface area contributed by atoms with Gasteiger partial charge >= 0.3 is 11.9 Å². The summed E-state index contributed by atoms with van der Waals surface area (Å²) in [4.78, 5) is 40.7. The lowest BCUT2D eigenvalue weighted by molar-refractivity contribution is -0.213. The molecule has 6 nitrogen and oxygen atoms in total. The van der Waals surface area contributed by atoms with Crippen LogP contribution in [0, 0.1) is 56.7 Å². The van der Waals surface area contributed by atoms with Crippen LogP contribution in [0.15, 0.2) is 11.6 Å². The van der Waals surface area contributed by atoms with Crippen molar-refractivity contribution in [3.05, 3.63) is 11.6 Å². The van der Waals surface area contributed by atoms with Crippen molar-refractivity contribution in [1.29, 1.82) is 0 Å². The Hall–Kier alpha value is -1.69. The zero-order valence-corrected chi connectivity index (χ0v) is 22.8. The number of aliphatic carboxylic acids is 2. The number of aliphatic hydroxyl groups is 1. The molecule has 0 bridgehead atoms. The average molecular weight is 501 g/mol. The number of carboxylic acids is 2. The fourth-order valence-corrected chi connectivity index (χ4v) is 10.6. The number of carbonyl (C=O) groups is 3. The van der Waals surface area contributed by atoms with E-state index >= 15 is 0 Å². The minimum atomic E-state index is -1.38. The Balaban J connectivity index is 1.73. The lowest BCUT2D eigenvalue weighted by Crippen LogP contribution is -2.70. The zero-order valence-electron chi connectivity index (χ0n) is 22.8. The van der Waals surface area contributed by atoms with Crippen molar-refractivity contribution < 1.29 is 29.7 Å². The third-order valence-electron chi connectivity index (χ3n) is 13.1. The SMILES string of the molecule is C[C@H]1[C@H](C)CC[C@]2(C(=O)O)CC[C@]3(C(=O)O)C(=CC[C@@H]4[C@@]5(C)CC[C@H](O)C(C)(C)[C@H]5CC(=O)[C@]43C)[C@@H]12. The molecule has 5 rings (SSSR count). The predicted octanol–water partition coefficient (Wildman–Crippen LogP) is 5.33. The first kappa shape index (κ1) is 25.9. The standard InChI is InChI=1S/C30H44O6/c1-16-9-12-29(24(33)34)13-14-30(25(35)36)18(23(29)17(16)2)7-8-19-27(5)11-10-21(31)26(3,4)20(27)15-22(32)28(19,30)6/h7,16-17,19-21,23,31H,8-15H2,1-6H3,(H,33,34)(H,35,36)/t16-,17+,19-,20-,21+,23-,27-,28+,29+,30-/m1/s1. The molecule has 5 aliphatic rings. The molecule has 3 N–H and O–H groups in total. The predicted molar refractivity (Wildman–Crippen MR) is 135 cm³/mol. The van der Waals surface area contributed by atoms with Crippen molar-refractivity contribution in [3.63, 3.8) is 0 Å². The highest BCUT2D eigenvalue weighted by molar-refractivity contribution is 5.96. The van der Waals surface area contributed by atoms with Crippen molar-refractivity contribution in [2.45, 2.75) is 99.0 Å². The first-order valence-electron chi connectivity index (χ1n) is 14.0. The molecule has 0 radical (unpaired) electrons. The number of carbonyl (C=O) groups excluding carboxylic acids is 1. The molecule has 4 fully saturated rings. The highest BCUT2D eigenvalue weighted by Gasteiger charge is 2.75. The Morgan fingerprint density at radius 3 is 2.19 bits per heavy atom. The molecule has 0 aromatic heterocycles. The van der Waals surface area contributed by atoms with E-state index in [9.17, 15) is 29.7 Å². The second-order valence-electron chi connectivity index (χ2n) is 14.2. The van der Waals surface area contributed by atoms with Crippen LogP contribution in [0.4, 0.5) is 0 Å². The Labute approximate surface area is 214 Å².